The van der Waals surface area contributed by atoms with E-state index in [-0.39, 0.29) is 24.0 Å². The first-order valence-corrected chi connectivity index (χ1v) is 15.4. The monoisotopic (exact) mass is 575 g/mol. The Hall–Kier alpha value is -2.70. The summed E-state index contributed by atoms with van der Waals surface area (Å²) in [5, 5.41) is 18.2. The number of hydrogen-bond donors (Lipinski definition) is 3. The van der Waals surface area contributed by atoms with Crippen LogP contribution in [0, 0.1) is 11.8 Å². The molecule has 2 saturated heterocycles. The highest BCUT2D eigenvalue weighted by molar-refractivity contribution is 7.89. The smallest absolute Gasteiger partial charge is 0.410 e. The van der Waals surface area contributed by atoms with E-state index in [2.05, 4.69) is 10.6 Å². The van der Waals surface area contributed by atoms with Gasteiger partial charge < -0.3 is 24.6 Å². The molecule has 2 aliphatic rings. The molecule has 2 aromatic rings. The van der Waals surface area contributed by atoms with Crippen molar-refractivity contribution in [2.75, 3.05) is 40.0 Å². The Morgan fingerprint density at radius 2 is 1.85 bits per heavy atom. The van der Waals surface area contributed by atoms with Gasteiger partial charge in [0.25, 0.3) is 0 Å². The van der Waals surface area contributed by atoms with Gasteiger partial charge in [-0.05, 0) is 74.5 Å². The van der Waals surface area contributed by atoms with Crippen molar-refractivity contribution in [3.05, 3.63) is 60.2 Å². The lowest BCUT2D eigenvalue weighted by atomic mass is 9.93. The minimum atomic E-state index is -4.28. The van der Waals surface area contributed by atoms with Gasteiger partial charge in [-0.25, -0.2) is 13.2 Å². The molecule has 0 aromatic heterocycles. The van der Waals surface area contributed by atoms with E-state index in [4.69, 9.17) is 14.2 Å². The van der Waals surface area contributed by atoms with Crippen molar-refractivity contribution in [3.63, 3.8) is 0 Å². The second-order valence-electron chi connectivity index (χ2n) is 10.6. The van der Waals surface area contributed by atoms with Crippen LogP contribution in [0.3, 0.4) is 0 Å². The molecule has 10 nitrogen and oxygen atoms in total. The number of alkyl carbamates (subject to hydrolysis) is 1. The van der Waals surface area contributed by atoms with Gasteiger partial charge in [0.2, 0.25) is 15.9 Å². The number of hydrogen-bond acceptors (Lipinski definition) is 8. The number of sulfonamides is 1. The highest BCUT2D eigenvalue weighted by Crippen LogP contribution is 2.32. The zero-order valence-corrected chi connectivity index (χ0v) is 24.1. The summed E-state index contributed by atoms with van der Waals surface area (Å²) in [7, 11) is -2.77. The molecule has 1 amide bonds. The number of amides is 1. The molecule has 220 valence electrons. The zero-order valence-electron chi connectivity index (χ0n) is 23.3. The number of benzene rings is 2. The van der Waals surface area contributed by atoms with Crippen molar-refractivity contribution in [2.24, 2.45) is 11.8 Å². The van der Waals surface area contributed by atoms with Crippen molar-refractivity contribution < 1.29 is 32.5 Å². The molecular formula is C29H41N3O7S. The summed E-state index contributed by atoms with van der Waals surface area (Å²) < 4.78 is 45.6. The predicted molar refractivity (Wildman–Crippen MR) is 150 cm³/mol. The summed E-state index contributed by atoms with van der Waals surface area (Å²) in [6.07, 6.45) is 1.84. The van der Waals surface area contributed by atoms with E-state index in [1.807, 2.05) is 30.3 Å². The van der Waals surface area contributed by atoms with E-state index < -0.39 is 34.0 Å². The first-order valence-electron chi connectivity index (χ1n) is 13.9. The molecule has 2 heterocycles. The maximum absolute atomic E-state index is 14.2. The Balaban J connectivity index is 1.70. The second kappa shape index (κ2) is 13.8. The highest BCUT2D eigenvalue weighted by atomic mass is 32.2. The fourth-order valence-corrected chi connectivity index (χ4v) is 6.97. The quantitative estimate of drug-likeness (QED) is 0.330. The molecule has 4 rings (SSSR count). The number of carbonyl (C=O) groups is 1. The van der Waals surface area contributed by atoms with Gasteiger partial charge in [0.1, 0.15) is 11.9 Å². The maximum Gasteiger partial charge on any atom is 0.410 e. The average molecular weight is 576 g/mol. The van der Waals surface area contributed by atoms with Gasteiger partial charge in [-0.1, -0.05) is 37.3 Å². The molecule has 11 heteroatoms. The van der Waals surface area contributed by atoms with E-state index in [0.717, 1.165) is 35.8 Å². The molecule has 0 saturated carbocycles. The third-order valence-electron chi connectivity index (χ3n) is 7.75. The van der Waals surface area contributed by atoms with Crippen molar-refractivity contribution in [1.29, 1.82) is 0 Å². The van der Waals surface area contributed by atoms with Crippen molar-refractivity contribution >= 4 is 16.1 Å². The average Bonchev–Trinajstić information content (AvgIpc) is 3.47. The molecule has 2 aliphatic heterocycles. The number of carbonyl (C=O) groups excluding carboxylic acids is 1. The first-order chi connectivity index (χ1) is 19.2. The minimum Gasteiger partial charge on any atom is -0.497 e. The summed E-state index contributed by atoms with van der Waals surface area (Å²) in [6, 6.07) is 15.5. The Kier molecular flexibility index (Phi) is 10.4. The molecule has 40 heavy (non-hydrogen) atoms. The van der Waals surface area contributed by atoms with Crippen molar-refractivity contribution in [3.8, 4) is 5.75 Å². The molecule has 0 bridgehead atoms. The number of methoxy groups -OCH3 is 1. The van der Waals surface area contributed by atoms with Gasteiger partial charge in [0.15, 0.2) is 0 Å². The van der Waals surface area contributed by atoms with E-state index in [0.29, 0.717) is 31.6 Å². The van der Waals surface area contributed by atoms with Gasteiger partial charge in [-0.15, -0.1) is 4.31 Å². The van der Waals surface area contributed by atoms with E-state index in [9.17, 15) is 18.3 Å². The fourth-order valence-electron chi connectivity index (χ4n) is 5.30. The van der Waals surface area contributed by atoms with Crippen LogP contribution in [0.15, 0.2) is 59.5 Å². The van der Waals surface area contributed by atoms with Crippen LogP contribution < -0.4 is 15.4 Å². The van der Waals surface area contributed by atoms with Crippen LogP contribution in [0.2, 0.25) is 0 Å². The summed E-state index contributed by atoms with van der Waals surface area (Å²) in [5.41, 5.74) is 0.896. The number of piperidine rings is 1. The molecule has 3 atom stereocenters. The van der Waals surface area contributed by atoms with Crippen LogP contribution in [0.1, 0.15) is 38.2 Å². The number of nitrogens with one attached hydrogen (secondary N) is 2. The van der Waals surface area contributed by atoms with E-state index in [1.165, 1.54) is 19.2 Å². The van der Waals surface area contributed by atoms with Crippen molar-refractivity contribution in [2.45, 2.75) is 55.9 Å². The molecule has 3 unspecified atom stereocenters. The lowest BCUT2D eigenvalue weighted by Crippen LogP contribution is -2.66. The topological polar surface area (TPSA) is 126 Å². The van der Waals surface area contributed by atoms with Gasteiger partial charge in [-0.2, -0.15) is 0 Å². The second-order valence-corrected chi connectivity index (χ2v) is 12.4. The van der Waals surface area contributed by atoms with E-state index in [1.54, 1.807) is 19.1 Å². The van der Waals surface area contributed by atoms with Crippen LogP contribution >= 0.6 is 0 Å². The summed E-state index contributed by atoms with van der Waals surface area (Å²) in [5.74, 6) is -2.22. The molecular weight excluding hydrogens is 534 g/mol. The Morgan fingerprint density at radius 1 is 1.15 bits per heavy atom. The normalized spacial score (nSPS) is 20.6. The first kappa shape index (κ1) is 30.3. The third kappa shape index (κ3) is 7.52. The predicted octanol–water partition coefficient (Wildman–Crippen LogP) is 3.12. The molecule has 2 aromatic carbocycles. The zero-order chi connectivity index (χ0) is 28.6. The molecule has 0 radical (unpaired) electrons. The summed E-state index contributed by atoms with van der Waals surface area (Å²) in [4.78, 5) is 13.1. The maximum atomic E-state index is 14.2. The highest BCUT2D eigenvalue weighted by Gasteiger charge is 2.48. The van der Waals surface area contributed by atoms with Crippen LogP contribution in [0.25, 0.3) is 0 Å². The Morgan fingerprint density at radius 3 is 2.48 bits per heavy atom. The minimum absolute atomic E-state index is 0.0108. The van der Waals surface area contributed by atoms with Gasteiger partial charge in [0.05, 0.1) is 25.2 Å². The van der Waals surface area contributed by atoms with Crippen molar-refractivity contribution in [1.82, 2.24) is 14.9 Å². The Labute approximate surface area is 237 Å². The number of ether oxygens (including phenoxy) is 3. The largest absolute Gasteiger partial charge is 0.497 e. The SMILES string of the molecule is COc1ccc(S(=O)(=O)N(CCC2CCNCC2)C(O)(NC(=O)OC2CCOC2)C(C)Cc2ccccc2)cc1. The summed E-state index contributed by atoms with van der Waals surface area (Å²) in [6.45, 7) is 4.20. The van der Waals surface area contributed by atoms with Crippen LogP contribution in [-0.2, 0) is 25.9 Å². The number of aliphatic hydroxyl groups is 1. The molecule has 2 fully saturated rings. The molecule has 3 N–H and O–H groups in total. The van der Waals surface area contributed by atoms with Crippen LogP contribution in [0.4, 0.5) is 4.79 Å². The van der Waals surface area contributed by atoms with Gasteiger partial charge in [-0.3, -0.25) is 5.32 Å². The van der Waals surface area contributed by atoms with Gasteiger partial charge >= 0.3 is 6.09 Å². The molecule has 0 aliphatic carbocycles. The lowest BCUT2D eigenvalue weighted by molar-refractivity contribution is -0.127. The summed E-state index contributed by atoms with van der Waals surface area (Å²) >= 11 is 0. The van der Waals surface area contributed by atoms with E-state index >= 15 is 0 Å². The standard InChI is InChI=1S/C29H41N3O7S/c1-22(20-24-6-4-3-5-7-24)29(34,31-28(33)39-26-15-19-38-21-26)32(18-14-23-12-16-30-17-13-23)40(35,36)27-10-8-25(37-2)9-11-27/h3-11,22-23,26,30,34H,12-21H2,1-2H3,(H,31,33). The van der Waals surface area contributed by atoms with Crippen LogP contribution in [0.5, 0.6) is 5.75 Å². The fraction of sp³-hybridized carbons (Fsp3) is 0.552. The number of nitrogens with zero attached hydrogens (tertiary/aromatic N) is 1. The number of rotatable bonds is 12. The third-order valence-corrected chi connectivity index (χ3v) is 9.66. The van der Waals surface area contributed by atoms with Crippen LogP contribution in [-0.4, -0.2) is 75.8 Å². The molecule has 0 spiro atoms. The van der Waals surface area contributed by atoms with Gasteiger partial charge in [0, 0.05) is 18.9 Å². The lowest BCUT2D eigenvalue weighted by Gasteiger charge is -2.43. The Bertz CT molecular complexity index is 1180.